The SMILES string of the molecule is CCOC(=O)C1=C(C)NC(=O)N[C@H]1c1ccc(OCC(=O)N/N=C/c2cccc(OC(C)C)c2)c(OC)c1. The Kier molecular flexibility index (Phi) is 9.69. The van der Waals surface area contributed by atoms with E-state index in [1.807, 2.05) is 38.1 Å². The maximum atomic E-state index is 12.5. The number of nitrogens with zero attached hydrogens (tertiary/aromatic N) is 1. The number of amides is 3. The number of carbonyl (C=O) groups excluding carboxylic acids is 3. The molecule has 38 heavy (non-hydrogen) atoms. The highest BCUT2D eigenvalue weighted by Crippen LogP contribution is 2.34. The van der Waals surface area contributed by atoms with Crippen LogP contribution in [0.5, 0.6) is 17.2 Å². The molecule has 0 spiro atoms. The maximum absolute atomic E-state index is 12.5. The molecule has 0 aromatic heterocycles. The van der Waals surface area contributed by atoms with Gasteiger partial charge >= 0.3 is 12.0 Å². The summed E-state index contributed by atoms with van der Waals surface area (Å²) in [5.41, 5.74) is 4.42. The predicted molar refractivity (Wildman–Crippen MR) is 140 cm³/mol. The molecule has 3 rings (SSSR count). The zero-order chi connectivity index (χ0) is 27.7. The summed E-state index contributed by atoms with van der Waals surface area (Å²) in [7, 11) is 1.45. The van der Waals surface area contributed by atoms with Crippen LogP contribution in [0.2, 0.25) is 0 Å². The molecule has 0 saturated heterocycles. The van der Waals surface area contributed by atoms with E-state index in [0.29, 0.717) is 28.5 Å². The van der Waals surface area contributed by atoms with Crippen molar-refractivity contribution in [2.45, 2.75) is 39.8 Å². The summed E-state index contributed by atoms with van der Waals surface area (Å²) in [6, 6.07) is 11.0. The van der Waals surface area contributed by atoms with Gasteiger partial charge in [-0.2, -0.15) is 5.10 Å². The minimum atomic E-state index is -0.757. The van der Waals surface area contributed by atoms with Crippen LogP contribution in [0.3, 0.4) is 0 Å². The molecule has 0 bridgehead atoms. The molecule has 2 aromatic rings. The Balaban J connectivity index is 1.65. The van der Waals surface area contributed by atoms with Gasteiger partial charge in [-0.15, -0.1) is 0 Å². The van der Waals surface area contributed by atoms with E-state index in [-0.39, 0.29) is 24.9 Å². The van der Waals surface area contributed by atoms with Gasteiger partial charge < -0.3 is 29.6 Å². The lowest BCUT2D eigenvalue weighted by molar-refractivity contribution is -0.139. The van der Waals surface area contributed by atoms with Crippen LogP contribution in [-0.2, 0) is 14.3 Å². The Hall–Kier alpha value is -4.54. The predicted octanol–water partition coefficient (Wildman–Crippen LogP) is 3.20. The van der Waals surface area contributed by atoms with Crippen LogP contribution in [-0.4, -0.2) is 50.5 Å². The van der Waals surface area contributed by atoms with E-state index in [1.54, 1.807) is 32.0 Å². The number of hydrogen-bond acceptors (Lipinski definition) is 8. The van der Waals surface area contributed by atoms with Crippen molar-refractivity contribution in [1.82, 2.24) is 16.1 Å². The van der Waals surface area contributed by atoms with Crippen LogP contribution in [0.4, 0.5) is 4.79 Å². The number of carbonyl (C=O) groups is 3. The molecule has 0 saturated carbocycles. The number of ether oxygens (including phenoxy) is 4. The topological polar surface area (TPSA) is 137 Å². The van der Waals surface area contributed by atoms with E-state index in [0.717, 1.165) is 5.56 Å². The van der Waals surface area contributed by atoms with Gasteiger partial charge in [0.25, 0.3) is 5.91 Å². The molecule has 0 aliphatic carbocycles. The number of hydrogen-bond donors (Lipinski definition) is 3. The Morgan fingerprint density at radius 1 is 1.16 bits per heavy atom. The average Bonchev–Trinajstić information content (AvgIpc) is 2.86. The Bertz CT molecular complexity index is 1240. The lowest BCUT2D eigenvalue weighted by atomic mass is 9.95. The van der Waals surface area contributed by atoms with Gasteiger partial charge in [0.2, 0.25) is 0 Å². The normalized spacial score (nSPS) is 15.1. The highest BCUT2D eigenvalue weighted by atomic mass is 16.5. The molecule has 3 N–H and O–H groups in total. The quantitative estimate of drug-likeness (QED) is 0.233. The first kappa shape index (κ1) is 28.0. The molecule has 202 valence electrons. The van der Waals surface area contributed by atoms with Crippen molar-refractivity contribution in [3.63, 3.8) is 0 Å². The van der Waals surface area contributed by atoms with E-state index in [1.165, 1.54) is 13.3 Å². The lowest BCUT2D eigenvalue weighted by Gasteiger charge is -2.28. The highest BCUT2D eigenvalue weighted by Gasteiger charge is 2.32. The first-order chi connectivity index (χ1) is 18.2. The van der Waals surface area contributed by atoms with Gasteiger partial charge in [-0.25, -0.2) is 15.0 Å². The molecular weight excluding hydrogens is 492 g/mol. The molecule has 1 aliphatic rings. The van der Waals surface area contributed by atoms with Crippen molar-refractivity contribution >= 4 is 24.1 Å². The molecular formula is C27H32N4O7. The Morgan fingerprint density at radius 2 is 1.95 bits per heavy atom. The first-order valence-electron chi connectivity index (χ1n) is 12.1. The number of benzene rings is 2. The van der Waals surface area contributed by atoms with Gasteiger partial charge in [-0.1, -0.05) is 18.2 Å². The number of urea groups is 1. The van der Waals surface area contributed by atoms with Crippen molar-refractivity contribution < 1.29 is 33.3 Å². The van der Waals surface area contributed by atoms with Gasteiger partial charge in [-0.3, -0.25) is 4.79 Å². The fourth-order valence-electron chi connectivity index (χ4n) is 3.70. The third-order valence-corrected chi connectivity index (χ3v) is 5.28. The van der Waals surface area contributed by atoms with Crippen molar-refractivity contribution in [3.8, 4) is 17.2 Å². The minimum Gasteiger partial charge on any atom is -0.493 e. The van der Waals surface area contributed by atoms with Gasteiger partial charge in [-0.05, 0) is 63.1 Å². The number of nitrogens with one attached hydrogen (secondary N) is 3. The maximum Gasteiger partial charge on any atom is 0.338 e. The van der Waals surface area contributed by atoms with Gasteiger partial charge in [0, 0.05) is 5.70 Å². The van der Waals surface area contributed by atoms with Crippen molar-refractivity contribution in [2.75, 3.05) is 20.3 Å². The van der Waals surface area contributed by atoms with Crippen LogP contribution in [0.25, 0.3) is 0 Å². The fourth-order valence-corrected chi connectivity index (χ4v) is 3.70. The molecule has 2 aromatic carbocycles. The van der Waals surface area contributed by atoms with E-state index >= 15 is 0 Å². The first-order valence-corrected chi connectivity index (χ1v) is 12.1. The van der Waals surface area contributed by atoms with Gasteiger partial charge in [0.1, 0.15) is 5.75 Å². The van der Waals surface area contributed by atoms with Crippen LogP contribution in [0.1, 0.15) is 44.9 Å². The van der Waals surface area contributed by atoms with E-state index in [2.05, 4.69) is 21.2 Å². The summed E-state index contributed by atoms with van der Waals surface area (Å²) in [5.74, 6) is 0.300. The van der Waals surface area contributed by atoms with Gasteiger partial charge in [0.15, 0.2) is 18.1 Å². The summed E-state index contributed by atoms with van der Waals surface area (Å²) >= 11 is 0. The summed E-state index contributed by atoms with van der Waals surface area (Å²) < 4.78 is 21.9. The molecule has 0 radical (unpaired) electrons. The third kappa shape index (κ3) is 7.48. The van der Waals surface area contributed by atoms with Crippen LogP contribution >= 0.6 is 0 Å². The Labute approximate surface area is 221 Å². The molecule has 1 atom stereocenters. The number of hydrazone groups is 1. The monoisotopic (exact) mass is 524 g/mol. The Morgan fingerprint density at radius 3 is 2.66 bits per heavy atom. The molecule has 0 fully saturated rings. The van der Waals surface area contributed by atoms with Crippen molar-refractivity contribution in [1.29, 1.82) is 0 Å². The third-order valence-electron chi connectivity index (χ3n) is 5.28. The number of allylic oxidation sites excluding steroid dienone is 1. The summed E-state index contributed by atoms with van der Waals surface area (Å²) in [4.78, 5) is 36.9. The van der Waals surface area contributed by atoms with E-state index in [9.17, 15) is 14.4 Å². The van der Waals surface area contributed by atoms with Crippen molar-refractivity contribution in [2.24, 2.45) is 5.10 Å². The summed E-state index contributed by atoms with van der Waals surface area (Å²) in [6.45, 7) is 7.08. The average molecular weight is 525 g/mol. The number of rotatable bonds is 11. The van der Waals surface area contributed by atoms with Gasteiger partial charge in [0.05, 0.1) is 37.7 Å². The molecule has 0 unspecified atom stereocenters. The van der Waals surface area contributed by atoms with Crippen molar-refractivity contribution in [3.05, 3.63) is 64.9 Å². The zero-order valence-corrected chi connectivity index (χ0v) is 22.0. The largest absolute Gasteiger partial charge is 0.493 e. The second kappa shape index (κ2) is 13.1. The molecule has 1 aliphatic heterocycles. The van der Waals surface area contributed by atoms with E-state index < -0.39 is 23.9 Å². The number of methoxy groups -OCH3 is 1. The van der Waals surface area contributed by atoms with Crippen LogP contribution in [0, 0.1) is 0 Å². The lowest BCUT2D eigenvalue weighted by Crippen LogP contribution is -2.45. The second-order valence-corrected chi connectivity index (χ2v) is 8.52. The minimum absolute atomic E-state index is 0.0451. The smallest absolute Gasteiger partial charge is 0.338 e. The molecule has 11 heteroatoms. The summed E-state index contributed by atoms with van der Waals surface area (Å²) in [6.07, 6.45) is 1.55. The second-order valence-electron chi connectivity index (χ2n) is 8.52. The van der Waals surface area contributed by atoms with Crippen LogP contribution in [0.15, 0.2) is 58.8 Å². The standard InChI is InChI=1S/C27H32N4O7/c1-6-36-26(33)24-17(4)29-27(34)30-25(24)19-10-11-21(22(13-19)35-5)37-15-23(32)31-28-14-18-8-7-9-20(12-18)38-16(2)3/h7-14,16,25H,6,15H2,1-5H3,(H,31,32)(H2,29,30,34)/b28-14+/t25-/m0/s1. The highest BCUT2D eigenvalue weighted by molar-refractivity contribution is 5.95. The zero-order valence-electron chi connectivity index (χ0n) is 22.0. The summed E-state index contributed by atoms with van der Waals surface area (Å²) in [5, 5.41) is 9.28. The number of esters is 1. The fraction of sp³-hybridized carbons (Fsp3) is 0.333. The molecule has 11 nitrogen and oxygen atoms in total. The molecule has 1 heterocycles. The molecule has 3 amide bonds. The van der Waals surface area contributed by atoms with Crippen LogP contribution < -0.4 is 30.3 Å². The van der Waals surface area contributed by atoms with E-state index in [4.69, 9.17) is 18.9 Å².